The highest BCUT2D eigenvalue weighted by Gasteiger charge is 2.15. The zero-order chi connectivity index (χ0) is 13.4. The van der Waals surface area contributed by atoms with Crippen LogP contribution >= 0.6 is 23.1 Å². The van der Waals surface area contributed by atoms with Gasteiger partial charge in [-0.2, -0.15) is 0 Å². The molecular formula is C13H14N4S2. The van der Waals surface area contributed by atoms with E-state index in [1.54, 1.807) is 29.3 Å². The molecule has 3 heterocycles. The van der Waals surface area contributed by atoms with Gasteiger partial charge in [0.25, 0.3) is 0 Å². The van der Waals surface area contributed by atoms with Crippen LogP contribution in [0.1, 0.15) is 25.5 Å². The Balaban J connectivity index is 2.09. The van der Waals surface area contributed by atoms with Crippen LogP contribution in [0.5, 0.6) is 0 Å². The average Bonchev–Trinajstić information content (AvgIpc) is 2.97. The lowest BCUT2D eigenvalue weighted by Crippen LogP contribution is -2.00. The fraction of sp³-hybridized carbons (Fsp3) is 0.308. The first-order valence-corrected chi connectivity index (χ1v) is 7.80. The molecule has 6 heteroatoms. The topological polar surface area (TPSA) is 43.6 Å². The molecule has 0 N–H and O–H groups in total. The van der Waals surface area contributed by atoms with Crippen molar-refractivity contribution in [2.45, 2.75) is 29.9 Å². The lowest BCUT2D eigenvalue weighted by Gasteiger charge is -2.10. The molecule has 3 aromatic rings. The van der Waals surface area contributed by atoms with E-state index in [-0.39, 0.29) is 0 Å². The van der Waals surface area contributed by atoms with Gasteiger partial charge in [0, 0.05) is 30.2 Å². The van der Waals surface area contributed by atoms with E-state index in [1.807, 2.05) is 28.6 Å². The third kappa shape index (κ3) is 2.37. The second-order valence-corrected chi connectivity index (χ2v) is 6.33. The largest absolute Gasteiger partial charge is 0.329 e. The molecule has 0 aromatic carbocycles. The molecule has 0 atom stereocenters. The highest BCUT2D eigenvalue weighted by Crippen LogP contribution is 2.32. The second-order valence-electron chi connectivity index (χ2n) is 4.63. The maximum absolute atomic E-state index is 4.73. The molecule has 3 rings (SSSR count). The molecule has 0 radical (unpaired) electrons. The average molecular weight is 290 g/mol. The Labute approximate surface area is 119 Å². The molecule has 0 bridgehead atoms. The van der Waals surface area contributed by atoms with Gasteiger partial charge < -0.3 is 4.57 Å². The van der Waals surface area contributed by atoms with Gasteiger partial charge in [-0.3, -0.25) is 0 Å². The Hall–Kier alpha value is -1.40. The van der Waals surface area contributed by atoms with Gasteiger partial charge in [-0.1, -0.05) is 13.8 Å². The zero-order valence-electron chi connectivity index (χ0n) is 11.0. The number of thiophene rings is 1. The molecule has 4 nitrogen and oxygen atoms in total. The predicted molar refractivity (Wildman–Crippen MR) is 78.8 cm³/mol. The number of imidazole rings is 1. The van der Waals surface area contributed by atoms with Gasteiger partial charge in [0.1, 0.15) is 10.5 Å². The molecule has 0 fully saturated rings. The Morgan fingerprint density at radius 2 is 1.95 bits per heavy atom. The summed E-state index contributed by atoms with van der Waals surface area (Å²) in [7, 11) is 1.99. The van der Waals surface area contributed by atoms with Gasteiger partial charge >= 0.3 is 0 Å². The summed E-state index contributed by atoms with van der Waals surface area (Å²) in [5.74, 6) is 0.347. The van der Waals surface area contributed by atoms with Crippen LogP contribution in [0.4, 0.5) is 0 Å². The summed E-state index contributed by atoms with van der Waals surface area (Å²) < 4.78 is 1.99. The van der Waals surface area contributed by atoms with Gasteiger partial charge in [-0.25, -0.2) is 15.0 Å². The van der Waals surface area contributed by atoms with Crippen LogP contribution < -0.4 is 0 Å². The lowest BCUT2D eigenvalue weighted by molar-refractivity contribution is 0.768. The number of nitrogens with zero attached hydrogens (tertiary/aromatic N) is 4. The van der Waals surface area contributed by atoms with Crippen molar-refractivity contribution in [1.29, 1.82) is 0 Å². The molecule has 0 spiro atoms. The van der Waals surface area contributed by atoms with E-state index >= 15 is 0 Å². The summed E-state index contributed by atoms with van der Waals surface area (Å²) in [5.41, 5.74) is 2.99. The highest BCUT2D eigenvalue weighted by molar-refractivity contribution is 7.99. The van der Waals surface area contributed by atoms with Crippen LogP contribution in [-0.4, -0.2) is 19.5 Å². The summed E-state index contributed by atoms with van der Waals surface area (Å²) in [6.45, 7) is 4.29. The third-order valence-electron chi connectivity index (χ3n) is 2.82. The summed E-state index contributed by atoms with van der Waals surface area (Å²) >= 11 is 3.21. The maximum Gasteiger partial charge on any atom is 0.174 e. The van der Waals surface area contributed by atoms with Gasteiger partial charge in [-0.15, -0.1) is 11.3 Å². The van der Waals surface area contributed by atoms with Crippen LogP contribution in [0.3, 0.4) is 0 Å². The molecule has 3 aromatic heterocycles. The number of hydrogen-bond donors (Lipinski definition) is 0. The predicted octanol–water partition coefficient (Wildman–Crippen LogP) is 3.70. The first-order chi connectivity index (χ1) is 9.15. The van der Waals surface area contributed by atoms with E-state index < -0.39 is 0 Å². The highest BCUT2D eigenvalue weighted by atomic mass is 32.2. The number of fused-ring (bicyclic) bond motifs is 1. The van der Waals surface area contributed by atoms with E-state index in [0.717, 1.165) is 26.9 Å². The quantitative estimate of drug-likeness (QED) is 0.737. The Bertz CT molecular complexity index is 714. The van der Waals surface area contributed by atoms with Crippen molar-refractivity contribution in [1.82, 2.24) is 19.5 Å². The second kappa shape index (κ2) is 4.94. The standard InChI is InChI=1S/C13H14N4S2/c1-8(2)11-12(19-13-14-4-5-17(13)3)16-10-7-18-6-9(10)15-11/h4-8H,1-3H3. The van der Waals surface area contributed by atoms with Gasteiger partial charge in [0.05, 0.1) is 11.2 Å². The molecule has 19 heavy (non-hydrogen) atoms. The lowest BCUT2D eigenvalue weighted by atomic mass is 10.1. The van der Waals surface area contributed by atoms with Crippen molar-refractivity contribution >= 4 is 34.1 Å². The Morgan fingerprint density at radius 3 is 2.58 bits per heavy atom. The van der Waals surface area contributed by atoms with Crippen molar-refractivity contribution in [2.24, 2.45) is 7.05 Å². The van der Waals surface area contributed by atoms with Crippen molar-refractivity contribution in [3.63, 3.8) is 0 Å². The van der Waals surface area contributed by atoms with E-state index in [2.05, 4.69) is 18.8 Å². The summed E-state index contributed by atoms with van der Waals surface area (Å²) in [4.78, 5) is 13.8. The summed E-state index contributed by atoms with van der Waals surface area (Å²) in [6.07, 6.45) is 3.74. The van der Waals surface area contributed by atoms with Crippen molar-refractivity contribution in [3.8, 4) is 0 Å². The van der Waals surface area contributed by atoms with E-state index in [9.17, 15) is 0 Å². The number of hydrogen-bond acceptors (Lipinski definition) is 5. The minimum absolute atomic E-state index is 0.347. The Kier molecular flexibility index (Phi) is 3.28. The van der Waals surface area contributed by atoms with E-state index in [1.165, 1.54) is 0 Å². The molecule has 0 unspecified atom stereocenters. The summed E-state index contributed by atoms with van der Waals surface area (Å²) in [6, 6.07) is 0. The fourth-order valence-electron chi connectivity index (χ4n) is 1.78. The van der Waals surface area contributed by atoms with Crippen LogP contribution in [-0.2, 0) is 7.05 Å². The van der Waals surface area contributed by atoms with Gasteiger partial charge in [0.15, 0.2) is 5.16 Å². The smallest absolute Gasteiger partial charge is 0.174 e. The number of aryl methyl sites for hydroxylation is 1. The van der Waals surface area contributed by atoms with Crippen molar-refractivity contribution in [3.05, 3.63) is 28.8 Å². The SMILES string of the molecule is CC(C)c1nc2cscc2nc1Sc1nccn1C. The monoisotopic (exact) mass is 290 g/mol. The molecule has 0 aliphatic heterocycles. The van der Waals surface area contributed by atoms with Crippen molar-refractivity contribution < 1.29 is 0 Å². The molecule has 0 aliphatic carbocycles. The zero-order valence-corrected chi connectivity index (χ0v) is 12.6. The normalized spacial score (nSPS) is 11.6. The third-order valence-corrected chi connectivity index (χ3v) is 4.60. The molecule has 0 amide bonds. The number of rotatable bonds is 3. The minimum Gasteiger partial charge on any atom is -0.329 e. The molecule has 0 saturated heterocycles. The molecule has 98 valence electrons. The van der Waals surface area contributed by atoms with E-state index in [0.29, 0.717) is 5.92 Å². The van der Waals surface area contributed by atoms with E-state index in [4.69, 9.17) is 9.97 Å². The van der Waals surface area contributed by atoms with Crippen molar-refractivity contribution in [2.75, 3.05) is 0 Å². The van der Waals surface area contributed by atoms with Crippen LogP contribution in [0.25, 0.3) is 11.0 Å². The fourth-order valence-corrected chi connectivity index (χ4v) is 3.48. The molecule has 0 aliphatic rings. The first-order valence-electron chi connectivity index (χ1n) is 6.04. The maximum atomic E-state index is 4.73. The number of aromatic nitrogens is 4. The van der Waals surface area contributed by atoms with Gasteiger partial charge in [-0.05, 0) is 17.7 Å². The Morgan fingerprint density at radius 1 is 1.21 bits per heavy atom. The molecule has 0 saturated carbocycles. The summed E-state index contributed by atoms with van der Waals surface area (Å²) in [5, 5.41) is 5.97. The minimum atomic E-state index is 0.347. The van der Waals surface area contributed by atoms with Crippen LogP contribution in [0.2, 0.25) is 0 Å². The van der Waals surface area contributed by atoms with Gasteiger partial charge in [0.2, 0.25) is 0 Å². The van der Waals surface area contributed by atoms with Crippen LogP contribution in [0.15, 0.2) is 33.3 Å². The van der Waals surface area contributed by atoms with Crippen LogP contribution in [0, 0.1) is 0 Å². The first kappa shape index (κ1) is 12.6. The molecular weight excluding hydrogens is 276 g/mol.